The van der Waals surface area contributed by atoms with Crippen LogP contribution in [0.2, 0.25) is 0 Å². The van der Waals surface area contributed by atoms with Gasteiger partial charge in [0.1, 0.15) is 11.5 Å². The number of carbonyl (C=O) groups excluding carboxylic acids is 1. The molecule has 3 rings (SSSR count). The number of ether oxygens (including phenoxy) is 2. The summed E-state index contributed by atoms with van der Waals surface area (Å²) in [5, 5.41) is 2.92. The average molecular weight is 496 g/mol. The lowest BCUT2D eigenvalue weighted by Crippen LogP contribution is -2.12. The first-order valence-electron chi connectivity index (χ1n) is 11.2. The minimum absolute atomic E-state index is 0.169. The lowest BCUT2D eigenvalue weighted by Gasteiger charge is -2.11. The Morgan fingerprint density at radius 3 is 2.38 bits per heavy atom. The molecule has 32 heavy (non-hydrogen) atoms. The zero-order valence-electron chi connectivity index (χ0n) is 18.5. The van der Waals surface area contributed by atoms with Crippen LogP contribution in [-0.4, -0.2) is 19.1 Å². The Balaban J connectivity index is 1.47. The van der Waals surface area contributed by atoms with E-state index in [4.69, 9.17) is 9.47 Å². The van der Waals surface area contributed by atoms with Gasteiger partial charge in [-0.2, -0.15) is 0 Å². The van der Waals surface area contributed by atoms with Gasteiger partial charge in [-0.3, -0.25) is 4.79 Å². The molecule has 1 amide bonds. The van der Waals surface area contributed by atoms with Gasteiger partial charge in [-0.25, -0.2) is 0 Å². The van der Waals surface area contributed by atoms with Crippen molar-refractivity contribution in [3.63, 3.8) is 0 Å². The number of nitrogens with one attached hydrogen (secondary N) is 1. The topological polar surface area (TPSA) is 47.6 Å². The quantitative estimate of drug-likeness (QED) is 0.268. The monoisotopic (exact) mass is 495 g/mol. The highest BCUT2D eigenvalue weighted by molar-refractivity contribution is 9.10. The lowest BCUT2D eigenvalue weighted by molar-refractivity contribution is 0.102. The van der Waals surface area contributed by atoms with Gasteiger partial charge in [0.15, 0.2) is 0 Å². The molecule has 5 heteroatoms. The fourth-order valence-electron chi connectivity index (χ4n) is 3.24. The molecule has 0 heterocycles. The van der Waals surface area contributed by atoms with Crippen molar-refractivity contribution >= 4 is 27.5 Å². The molecule has 1 N–H and O–H groups in total. The molecule has 4 nitrogen and oxygen atoms in total. The highest BCUT2D eigenvalue weighted by Crippen LogP contribution is 2.27. The molecule has 0 unspecified atom stereocenters. The molecule has 0 saturated heterocycles. The van der Waals surface area contributed by atoms with E-state index in [0.29, 0.717) is 18.8 Å². The Morgan fingerprint density at radius 2 is 1.66 bits per heavy atom. The van der Waals surface area contributed by atoms with E-state index in [2.05, 4.69) is 40.3 Å². The predicted molar refractivity (Wildman–Crippen MR) is 134 cm³/mol. The second-order valence-corrected chi connectivity index (χ2v) is 8.47. The zero-order chi connectivity index (χ0) is 22.6. The molecule has 0 radical (unpaired) electrons. The first-order valence-corrected chi connectivity index (χ1v) is 12.0. The Hall–Kier alpha value is -2.79. The third-order valence-electron chi connectivity index (χ3n) is 5.06. The average Bonchev–Trinajstić information content (AvgIpc) is 2.81. The number of hydrogen-bond acceptors (Lipinski definition) is 3. The third kappa shape index (κ3) is 7.72. The summed E-state index contributed by atoms with van der Waals surface area (Å²) in [4.78, 5) is 12.6. The summed E-state index contributed by atoms with van der Waals surface area (Å²) < 4.78 is 12.4. The number of carbonyl (C=O) groups is 1. The van der Waals surface area contributed by atoms with E-state index in [0.717, 1.165) is 34.5 Å². The van der Waals surface area contributed by atoms with Crippen molar-refractivity contribution in [1.29, 1.82) is 0 Å². The van der Waals surface area contributed by atoms with Crippen LogP contribution in [0, 0.1) is 0 Å². The maximum absolute atomic E-state index is 12.6. The van der Waals surface area contributed by atoms with E-state index in [1.165, 1.54) is 24.8 Å². The zero-order valence-corrected chi connectivity index (χ0v) is 20.1. The van der Waals surface area contributed by atoms with Crippen molar-refractivity contribution in [1.82, 2.24) is 0 Å². The molecule has 0 atom stereocenters. The van der Waals surface area contributed by atoms with Gasteiger partial charge < -0.3 is 14.8 Å². The fraction of sp³-hybridized carbons (Fsp3) is 0.296. The van der Waals surface area contributed by atoms with Crippen molar-refractivity contribution < 1.29 is 14.3 Å². The highest BCUT2D eigenvalue weighted by atomic mass is 79.9. The number of unbranched alkanes of at least 4 members (excludes halogenated alkanes) is 3. The Kier molecular flexibility index (Phi) is 9.63. The minimum Gasteiger partial charge on any atom is -0.493 e. The normalized spacial score (nSPS) is 10.6. The molecule has 3 aromatic rings. The minimum atomic E-state index is -0.169. The SMILES string of the molecule is CCCCCCOc1ccc(C(=O)Nc2ccc(OCCc3ccccc3)cc2)cc1Br. The van der Waals surface area contributed by atoms with Crippen LogP contribution >= 0.6 is 15.9 Å². The first kappa shape index (κ1) is 23.9. The Morgan fingerprint density at radius 1 is 0.875 bits per heavy atom. The second-order valence-electron chi connectivity index (χ2n) is 7.62. The van der Waals surface area contributed by atoms with Crippen LogP contribution in [0.15, 0.2) is 77.3 Å². The van der Waals surface area contributed by atoms with E-state index in [1.54, 1.807) is 12.1 Å². The standard InChI is InChI=1S/C27H30BrNO3/c1-2-3-4-8-18-32-26-16-11-22(20-25(26)28)27(30)29-23-12-14-24(15-13-23)31-19-17-21-9-6-5-7-10-21/h5-7,9-16,20H,2-4,8,17-19H2,1H3,(H,29,30). The van der Waals surface area contributed by atoms with E-state index < -0.39 is 0 Å². The van der Waals surface area contributed by atoms with Gasteiger partial charge in [0.2, 0.25) is 0 Å². The van der Waals surface area contributed by atoms with Crippen LogP contribution in [-0.2, 0) is 6.42 Å². The fourth-order valence-corrected chi connectivity index (χ4v) is 3.73. The number of benzene rings is 3. The molecule has 0 saturated carbocycles. The number of amides is 1. The summed E-state index contributed by atoms with van der Waals surface area (Å²) in [7, 11) is 0. The van der Waals surface area contributed by atoms with Gasteiger partial charge in [-0.05, 0) is 70.4 Å². The maximum atomic E-state index is 12.6. The van der Waals surface area contributed by atoms with Crippen molar-refractivity contribution in [2.24, 2.45) is 0 Å². The van der Waals surface area contributed by atoms with E-state index >= 15 is 0 Å². The Bertz CT molecular complexity index is 974. The molecule has 3 aromatic carbocycles. The van der Waals surface area contributed by atoms with Gasteiger partial charge in [0, 0.05) is 17.7 Å². The van der Waals surface area contributed by atoms with Crippen LogP contribution in [0.4, 0.5) is 5.69 Å². The van der Waals surface area contributed by atoms with E-state index in [9.17, 15) is 4.79 Å². The summed E-state index contributed by atoms with van der Waals surface area (Å²) in [5.41, 5.74) is 2.53. The third-order valence-corrected chi connectivity index (χ3v) is 5.68. The predicted octanol–water partition coefficient (Wildman–Crippen LogP) is 7.28. The van der Waals surface area contributed by atoms with Gasteiger partial charge in [0.25, 0.3) is 5.91 Å². The van der Waals surface area contributed by atoms with E-state index in [-0.39, 0.29) is 5.91 Å². The van der Waals surface area contributed by atoms with Crippen molar-refractivity contribution in [2.45, 2.75) is 39.0 Å². The van der Waals surface area contributed by atoms with E-state index in [1.807, 2.05) is 48.5 Å². The molecule has 168 valence electrons. The van der Waals surface area contributed by atoms with Crippen LogP contribution in [0.5, 0.6) is 11.5 Å². The van der Waals surface area contributed by atoms with Gasteiger partial charge in [-0.1, -0.05) is 56.5 Å². The molecule has 0 spiro atoms. The summed E-state index contributed by atoms with van der Waals surface area (Å²) >= 11 is 3.51. The highest BCUT2D eigenvalue weighted by Gasteiger charge is 2.10. The summed E-state index contributed by atoms with van der Waals surface area (Å²) in [6.07, 6.45) is 5.49. The van der Waals surface area contributed by atoms with Gasteiger partial charge in [-0.15, -0.1) is 0 Å². The second kappa shape index (κ2) is 12.9. The number of rotatable bonds is 12. The van der Waals surface area contributed by atoms with Gasteiger partial charge in [0.05, 0.1) is 17.7 Å². The molecule has 0 aliphatic carbocycles. The summed E-state index contributed by atoms with van der Waals surface area (Å²) in [6, 6.07) is 23.1. The molecule has 0 aliphatic heterocycles. The number of halogens is 1. The molecule has 0 aromatic heterocycles. The van der Waals surface area contributed by atoms with Crippen molar-refractivity contribution in [3.8, 4) is 11.5 Å². The van der Waals surface area contributed by atoms with Crippen molar-refractivity contribution in [3.05, 3.63) is 88.4 Å². The van der Waals surface area contributed by atoms with Crippen LogP contribution in [0.25, 0.3) is 0 Å². The molecule has 0 bridgehead atoms. The maximum Gasteiger partial charge on any atom is 0.255 e. The van der Waals surface area contributed by atoms with Crippen molar-refractivity contribution in [2.75, 3.05) is 18.5 Å². The molecule has 0 aliphatic rings. The summed E-state index contributed by atoms with van der Waals surface area (Å²) in [5.74, 6) is 1.37. The first-order chi connectivity index (χ1) is 15.7. The van der Waals surface area contributed by atoms with Crippen LogP contribution in [0.1, 0.15) is 48.5 Å². The largest absolute Gasteiger partial charge is 0.493 e. The van der Waals surface area contributed by atoms with Crippen LogP contribution in [0.3, 0.4) is 0 Å². The smallest absolute Gasteiger partial charge is 0.255 e. The molecular weight excluding hydrogens is 466 g/mol. The molecule has 0 fully saturated rings. The van der Waals surface area contributed by atoms with Gasteiger partial charge >= 0.3 is 0 Å². The number of anilines is 1. The summed E-state index contributed by atoms with van der Waals surface area (Å²) in [6.45, 7) is 3.48. The molecular formula is C27H30BrNO3. The number of hydrogen-bond donors (Lipinski definition) is 1. The lowest BCUT2D eigenvalue weighted by atomic mass is 10.2. The Labute approximate surface area is 199 Å². The van der Waals surface area contributed by atoms with Crippen LogP contribution < -0.4 is 14.8 Å².